The first kappa shape index (κ1) is 14.6. The van der Waals surface area contributed by atoms with Crippen LogP contribution in [0.15, 0.2) is 12.1 Å². The number of morpholine rings is 1. The predicted molar refractivity (Wildman–Crippen MR) is 74.4 cm³/mol. The second-order valence-corrected chi connectivity index (χ2v) is 5.41. The van der Waals surface area contributed by atoms with E-state index in [0.29, 0.717) is 25.4 Å². The Kier molecular flexibility index (Phi) is 3.85. The van der Waals surface area contributed by atoms with Crippen molar-refractivity contribution in [2.45, 2.75) is 19.4 Å². The van der Waals surface area contributed by atoms with E-state index in [-0.39, 0.29) is 16.9 Å². The van der Waals surface area contributed by atoms with Crippen LogP contribution in [-0.4, -0.2) is 38.4 Å². The summed E-state index contributed by atoms with van der Waals surface area (Å²) in [5.74, 6) is -1.02. The molecule has 0 atom stereocenters. The second kappa shape index (κ2) is 5.28. The summed E-state index contributed by atoms with van der Waals surface area (Å²) in [5.41, 5.74) is 5.89. The maximum absolute atomic E-state index is 14.1. The highest BCUT2D eigenvalue weighted by Crippen LogP contribution is 2.29. The molecule has 1 aliphatic heterocycles. The molecule has 0 saturated carbocycles. The van der Waals surface area contributed by atoms with Gasteiger partial charge in [0.15, 0.2) is 0 Å². The van der Waals surface area contributed by atoms with E-state index >= 15 is 0 Å². The van der Waals surface area contributed by atoms with Crippen LogP contribution in [0, 0.1) is 5.82 Å². The molecule has 1 fully saturated rings. The topological polar surface area (TPSA) is 64.8 Å². The van der Waals surface area contributed by atoms with Gasteiger partial charge in [0, 0.05) is 18.8 Å². The zero-order valence-electron chi connectivity index (χ0n) is 11.9. The lowest BCUT2D eigenvalue weighted by atomic mass is 10.1. The monoisotopic (exact) mass is 282 g/mol. The van der Waals surface area contributed by atoms with Gasteiger partial charge in [-0.15, -0.1) is 0 Å². The summed E-state index contributed by atoms with van der Waals surface area (Å²) < 4.78 is 24.4. The maximum atomic E-state index is 14.1. The number of rotatable bonds is 2. The van der Waals surface area contributed by atoms with Crippen LogP contribution in [0.3, 0.4) is 0 Å². The number of anilines is 2. The molecule has 0 amide bonds. The average molecular weight is 282 g/mol. The summed E-state index contributed by atoms with van der Waals surface area (Å²) in [6.07, 6.45) is 0. The van der Waals surface area contributed by atoms with Crippen molar-refractivity contribution < 1.29 is 18.7 Å². The molecule has 1 heterocycles. The Bertz CT molecular complexity index is 531. The third kappa shape index (κ3) is 2.85. The van der Waals surface area contributed by atoms with Crippen molar-refractivity contribution in [3.8, 4) is 0 Å². The molecule has 0 aromatic heterocycles. The standard InChI is InChI=1S/C14H19FN2O3/c1-14(2)8-17(4-5-20-14)12-6-9(13(18)19-3)11(16)7-10(12)15/h6-7H,4-5,8,16H2,1-3H3. The first-order chi connectivity index (χ1) is 9.34. The van der Waals surface area contributed by atoms with Gasteiger partial charge >= 0.3 is 5.97 Å². The summed E-state index contributed by atoms with van der Waals surface area (Å²) in [5, 5.41) is 0. The van der Waals surface area contributed by atoms with Crippen molar-refractivity contribution in [2.75, 3.05) is 37.4 Å². The van der Waals surface area contributed by atoms with Crippen LogP contribution in [0.25, 0.3) is 0 Å². The molecule has 110 valence electrons. The molecule has 0 spiro atoms. The number of carbonyl (C=O) groups is 1. The minimum Gasteiger partial charge on any atom is -0.465 e. The van der Waals surface area contributed by atoms with Crippen LogP contribution >= 0.6 is 0 Å². The largest absolute Gasteiger partial charge is 0.465 e. The molecule has 1 aliphatic rings. The second-order valence-electron chi connectivity index (χ2n) is 5.41. The molecule has 0 aliphatic carbocycles. The molecule has 6 heteroatoms. The Morgan fingerprint density at radius 3 is 2.80 bits per heavy atom. The third-order valence-corrected chi connectivity index (χ3v) is 3.29. The molecular formula is C14H19FN2O3. The molecule has 2 rings (SSSR count). The average Bonchev–Trinajstić information content (AvgIpc) is 2.36. The van der Waals surface area contributed by atoms with Crippen molar-refractivity contribution in [1.29, 1.82) is 0 Å². The number of methoxy groups -OCH3 is 1. The molecule has 1 saturated heterocycles. The number of ether oxygens (including phenoxy) is 2. The summed E-state index contributed by atoms with van der Waals surface area (Å²) in [7, 11) is 1.27. The van der Waals surface area contributed by atoms with Crippen LogP contribution in [0.5, 0.6) is 0 Å². The summed E-state index contributed by atoms with van der Waals surface area (Å²) in [6.45, 7) is 5.48. The van der Waals surface area contributed by atoms with Crippen molar-refractivity contribution in [1.82, 2.24) is 0 Å². The van der Waals surface area contributed by atoms with Crippen LogP contribution in [0.1, 0.15) is 24.2 Å². The number of nitrogen functional groups attached to an aromatic ring is 1. The first-order valence-corrected chi connectivity index (χ1v) is 6.40. The zero-order chi connectivity index (χ0) is 14.9. The molecule has 0 radical (unpaired) electrons. The Morgan fingerprint density at radius 2 is 2.20 bits per heavy atom. The molecule has 2 N–H and O–H groups in total. The summed E-state index contributed by atoms with van der Waals surface area (Å²) in [6, 6.07) is 2.60. The Morgan fingerprint density at radius 1 is 1.50 bits per heavy atom. The minimum absolute atomic E-state index is 0.0746. The van der Waals surface area contributed by atoms with Crippen LogP contribution < -0.4 is 10.6 Å². The van der Waals surface area contributed by atoms with Gasteiger partial charge in [-0.1, -0.05) is 0 Å². The lowest BCUT2D eigenvalue weighted by Gasteiger charge is -2.39. The van der Waals surface area contributed by atoms with Crippen molar-refractivity contribution in [3.05, 3.63) is 23.5 Å². The quantitative estimate of drug-likeness (QED) is 0.662. The lowest BCUT2D eigenvalue weighted by Crippen LogP contribution is -2.48. The molecule has 0 unspecified atom stereocenters. The maximum Gasteiger partial charge on any atom is 0.340 e. The smallest absolute Gasteiger partial charge is 0.340 e. The van der Waals surface area contributed by atoms with E-state index in [1.54, 1.807) is 0 Å². The van der Waals surface area contributed by atoms with Gasteiger partial charge < -0.3 is 20.1 Å². The van der Waals surface area contributed by atoms with Crippen molar-refractivity contribution >= 4 is 17.3 Å². The summed E-state index contributed by atoms with van der Waals surface area (Å²) >= 11 is 0. The Labute approximate surface area is 117 Å². The van der Waals surface area contributed by atoms with Gasteiger partial charge in [0.2, 0.25) is 0 Å². The van der Waals surface area contributed by atoms with E-state index in [1.807, 2.05) is 18.7 Å². The number of hydrogen-bond donors (Lipinski definition) is 1. The van der Waals surface area contributed by atoms with Gasteiger partial charge in [-0.25, -0.2) is 9.18 Å². The highest BCUT2D eigenvalue weighted by Gasteiger charge is 2.29. The van der Waals surface area contributed by atoms with Gasteiger partial charge in [-0.05, 0) is 26.0 Å². The van der Waals surface area contributed by atoms with E-state index in [9.17, 15) is 9.18 Å². The van der Waals surface area contributed by atoms with E-state index in [2.05, 4.69) is 4.74 Å². The number of hydrogen-bond acceptors (Lipinski definition) is 5. The molecule has 5 nitrogen and oxygen atoms in total. The van der Waals surface area contributed by atoms with Crippen LogP contribution in [-0.2, 0) is 9.47 Å². The van der Waals surface area contributed by atoms with Crippen LogP contribution in [0.4, 0.5) is 15.8 Å². The van der Waals surface area contributed by atoms with Gasteiger partial charge in [0.1, 0.15) is 5.82 Å². The van der Waals surface area contributed by atoms with Crippen LogP contribution in [0.2, 0.25) is 0 Å². The van der Waals surface area contributed by atoms with Gasteiger partial charge in [0.05, 0.1) is 30.6 Å². The third-order valence-electron chi connectivity index (χ3n) is 3.29. The minimum atomic E-state index is -0.573. The molecular weight excluding hydrogens is 263 g/mol. The Hall–Kier alpha value is -1.82. The number of halogens is 1. The number of nitrogens with zero attached hydrogens (tertiary/aromatic N) is 1. The Balaban J connectivity index is 2.38. The summed E-state index contributed by atoms with van der Waals surface area (Å²) in [4.78, 5) is 13.5. The van der Waals surface area contributed by atoms with Crippen molar-refractivity contribution in [2.24, 2.45) is 0 Å². The van der Waals surface area contributed by atoms with E-state index < -0.39 is 11.8 Å². The molecule has 1 aromatic rings. The SMILES string of the molecule is COC(=O)c1cc(N2CCOC(C)(C)C2)c(F)cc1N. The number of nitrogens with two attached hydrogens (primary N) is 1. The number of esters is 1. The fourth-order valence-electron chi connectivity index (χ4n) is 2.33. The fraction of sp³-hybridized carbons (Fsp3) is 0.500. The van der Waals surface area contributed by atoms with E-state index in [4.69, 9.17) is 10.5 Å². The molecule has 1 aromatic carbocycles. The first-order valence-electron chi connectivity index (χ1n) is 6.40. The zero-order valence-corrected chi connectivity index (χ0v) is 11.9. The highest BCUT2D eigenvalue weighted by atomic mass is 19.1. The number of benzene rings is 1. The molecule has 0 bridgehead atoms. The normalized spacial score (nSPS) is 17.9. The van der Waals surface area contributed by atoms with E-state index in [1.165, 1.54) is 13.2 Å². The van der Waals surface area contributed by atoms with Gasteiger partial charge in [-0.3, -0.25) is 0 Å². The predicted octanol–water partition coefficient (Wildman–Crippen LogP) is 1.81. The molecule has 20 heavy (non-hydrogen) atoms. The highest BCUT2D eigenvalue weighted by molar-refractivity contribution is 5.96. The number of carbonyl (C=O) groups excluding carboxylic acids is 1. The van der Waals surface area contributed by atoms with Crippen molar-refractivity contribution in [3.63, 3.8) is 0 Å². The van der Waals surface area contributed by atoms with Gasteiger partial charge in [-0.2, -0.15) is 0 Å². The van der Waals surface area contributed by atoms with E-state index in [0.717, 1.165) is 6.07 Å². The lowest BCUT2D eigenvalue weighted by molar-refractivity contribution is -0.0278. The van der Waals surface area contributed by atoms with Gasteiger partial charge in [0.25, 0.3) is 0 Å². The fourth-order valence-corrected chi connectivity index (χ4v) is 2.33.